The third-order valence-corrected chi connectivity index (χ3v) is 3.78. The molecule has 1 saturated heterocycles. The molecule has 1 aromatic rings. The van der Waals surface area contributed by atoms with E-state index >= 15 is 0 Å². The molecule has 0 saturated carbocycles. The molecule has 0 aliphatic carbocycles. The molecule has 0 spiro atoms. The van der Waals surface area contributed by atoms with Crippen molar-refractivity contribution in [3.63, 3.8) is 0 Å². The highest BCUT2D eigenvalue weighted by atomic mass is 16.5. The molecule has 0 unspecified atom stereocenters. The quantitative estimate of drug-likeness (QED) is 0.898. The van der Waals surface area contributed by atoms with Crippen molar-refractivity contribution in [2.24, 2.45) is 5.92 Å². The Bertz CT molecular complexity index is 434. The first-order chi connectivity index (χ1) is 9.15. The van der Waals surface area contributed by atoms with Crippen molar-refractivity contribution in [2.45, 2.75) is 33.1 Å². The van der Waals surface area contributed by atoms with Crippen molar-refractivity contribution < 1.29 is 4.74 Å². The molecule has 5 heteroatoms. The predicted octanol–water partition coefficient (Wildman–Crippen LogP) is 1.79. The fourth-order valence-electron chi connectivity index (χ4n) is 2.91. The maximum absolute atomic E-state index is 5.81. The molecule has 0 amide bonds. The summed E-state index contributed by atoms with van der Waals surface area (Å²) in [5.74, 6) is 1.98. The Hall–Kier alpha value is -1.36. The number of nitrogens with zero attached hydrogens (tertiary/aromatic N) is 3. The summed E-state index contributed by atoms with van der Waals surface area (Å²) in [5, 5.41) is 0. The van der Waals surface area contributed by atoms with Gasteiger partial charge in [-0.25, -0.2) is 4.98 Å². The monoisotopic (exact) mass is 264 g/mol. The Labute approximate surface area is 115 Å². The fourth-order valence-corrected chi connectivity index (χ4v) is 2.91. The molecular formula is C14H24N4O. The van der Waals surface area contributed by atoms with Crippen molar-refractivity contribution in [3.8, 4) is 0 Å². The molecule has 0 aromatic carbocycles. The molecule has 2 heterocycles. The topological polar surface area (TPSA) is 64.3 Å². The number of piperidine rings is 1. The summed E-state index contributed by atoms with van der Waals surface area (Å²) in [5.41, 5.74) is 8.02. The van der Waals surface area contributed by atoms with E-state index in [1.165, 1.54) is 18.4 Å². The van der Waals surface area contributed by atoms with Crippen LogP contribution in [0.15, 0.2) is 0 Å². The van der Waals surface area contributed by atoms with Gasteiger partial charge in [0.1, 0.15) is 5.82 Å². The molecule has 1 fully saturated rings. The van der Waals surface area contributed by atoms with Gasteiger partial charge in [0, 0.05) is 31.5 Å². The van der Waals surface area contributed by atoms with E-state index in [2.05, 4.69) is 21.8 Å². The third kappa shape index (κ3) is 3.15. The molecule has 2 N–H and O–H groups in total. The highest BCUT2D eigenvalue weighted by Gasteiger charge is 2.23. The second-order valence-electron chi connectivity index (χ2n) is 5.23. The molecule has 1 aliphatic rings. The number of hydrogen-bond acceptors (Lipinski definition) is 5. The molecule has 0 radical (unpaired) electrons. The summed E-state index contributed by atoms with van der Waals surface area (Å²) in [4.78, 5) is 11.1. The minimum Gasteiger partial charge on any atom is -0.384 e. The summed E-state index contributed by atoms with van der Waals surface area (Å²) in [6.45, 7) is 7.01. The molecule has 5 nitrogen and oxygen atoms in total. The number of anilines is 2. The van der Waals surface area contributed by atoms with Crippen molar-refractivity contribution in [1.29, 1.82) is 0 Å². The highest BCUT2D eigenvalue weighted by molar-refractivity contribution is 5.52. The Balaban J connectivity index is 2.25. The molecule has 0 bridgehead atoms. The lowest BCUT2D eigenvalue weighted by atomic mass is 9.98. The van der Waals surface area contributed by atoms with Crippen LogP contribution in [-0.4, -0.2) is 36.8 Å². The van der Waals surface area contributed by atoms with Gasteiger partial charge in [0.2, 0.25) is 5.95 Å². The number of aryl methyl sites for hydroxylation is 1. The van der Waals surface area contributed by atoms with Crippen LogP contribution >= 0.6 is 0 Å². The van der Waals surface area contributed by atoms with E-state index in [1.54, 1.807) is 7.11 Å². The van der Waals surface area contributed by atoms with E-state index in [1.807, 2.05) is 6.92 Å². The molecular weight excluding hydrogens is 240 g/mol. The summed E-state index contributed by atoms with van der Waals surface area (Å²) in [7, 11) is 1.77. The van der Waals surface area contributed by atoms with Crippen LogP contribution in [0.2, 0.25) is 0 Å². The van der Waals surface area contributed by atoms with Crippen molar-refractivity contribution >= 4 is 11.8 Å². The Kier molecular flexibility index (Phi) is 4.58. The number of ether oxygens (including phenoxy) is 1. The zero-order chi connectivity index (χ0) is 13.8. The lowest BCUT2D eigenvalue weighted by Gasteiger charge is -2.34. The molecule has 1 atom stereocenters. The molecule has 106 valence electrons. The first-order valence-corrected chi connectivity index (χ1v) is 7.02. The normalized spacial score (nSPS) is 19.7. The lowest BCUT2D eigenvalue weighted by Crippen LogP contribution is -2.38. The highest BCUT2D eigenvalue weighted by Crippen LogP contribution is 2.27. The average molecular weight is 264 g/mol. The van der Waals surface area contributed by atoms with Gasteiger partial charge in [0.15, 0.2) is 0 Å². The van der Waals surface area contributed by atoms with Crippen LogP contribution in [0.25, 0.3) is 0 Å². The minimum absolute atomic E-state index is 0.374. The predicted molar refractivity (Wildman–Crippen MR) is 77.4 cm³/mol. The number of aromatic nitrogens is 2. The van der Waals surface area contributed by atoms with Crippen LogP contribution in [0.1, 0.15) is 31.0 Å². The second kappa shape index (κ2) is 6.19. The van der Waals surface area contributed by atoms with Crippen LogP contribution < -0.4 is 10.6 Å². The van der Waals surface area contributed by atoms with Crippen molar-refractivity contribution in [1.82, 2.24) is 9.97 Å². The molecule has 2 rings (SSSR count). The SMILES string of the molecule is CCc1c(C)nc(N)nc1N1CCC[C@H](COC)C1. The van der Waals surface area contributed by atoms with Crippen LogP contribution in [-0.2, 0) is 11.2 Å². The van der Waals surface area contributed by atoms with Gasteiger partial charge in [-0.3, -0.25) is 0 Å². The zero-order valence-electron chi connectivity index (χ0n) is 12.1. The maximum atomic E-state index is 5.81. The van der Waals surface area contributed by atoms with Crippen LogP contribution in [0, 0.1) is 12.8 Å². The van der Waals surface area contributed by atoms with E-state index in [4.69, 9.17) is 10.5 Å². The number of methoxy groups -OCH3 is 1. The van der Waals surface area contributed by atoms with Gasteiger partial charge < -0.3 is 15.4 Å². The number of nitrogens with two attached hydrogens (primary N) is 1. The van der Waals surface area contributed by atoms with Gasteiger partial charge in [0.05, 0.1) is 6.61 Å². The van der Waals surface area contributed by atoms with Gasteiger partial charge in [-0.1, -0.05) is 6.92 Å². The Morgan fingerprint density at radius 2 is 2.21 bits per heavy atom. The molecule has 1 aliphatic heterocycles. The third-order valence-electron chi connectivity index (χ3n) is 3.78. The van der Waals surface area contributed by atoms with Crippen molar-refractivity contribution in [2.75, 3.05) is 37.4 Å². The van der Waals surface area contributed by atoms with Gasteiger partial charge in [-0.15, -0.1) is 0 Å². The minimum atomic E-state index is 0.374. The summed E-state index contributed by atoms with van der Waals surface area (Å²) in [6, 6.07) is 0. The largest absolute Gasteiger partial charge is 0.384 e. The Morgan fingerprint density at radius 1 is 1.42 bits per heavy atom. The van der Waals surface area contributed by atoms with Crippen LogP contribution in [0.3, 0.4) is 0 Å². The van der Waals surface area contributed by atoms with E-state index in [0.717, 1.165) is 37.6 Å². The van der Waals surface area contributed by atoms with Gasteiger partial charge in [0.25, 0.3) is 0 Å². The summed E-state index contributed by atoms with van der Waals surface area (Å²) in [6.07, 6.45) is 3.35. The summed E-state index contributed by atoms with van der Waals surface area (Å²) >= 11 is 0. The lowest BCUT2D eigenvalue weighted by molar-refractivity contribution is 0.143. The first kappa shape index (κ1) is 14.1. The smallest absolute Gasteiger partial charge is 0.222 e. The maximum Gasteiger partial charge on any atom is 0.222 e. The van der Waals surface area contributed by atoms with Crippen LogP contribution in [0.4, 0.5) is 11.8 Å². The van der Waals surface area contributed by atoms with Crippen molar-refractivity contribution in [3.05, 3.63) is 11.3 Å². The van der Waals surface area contributed by atoms with E-state index in [9.17, 15) is 0 Å². The van der Waals surface area contributed by atoms with Gasteiger partial charge >= 0.3 is 0 Å². The van der Waals surface area contributed by atoms with Gasteiger partial charge in [-0.2, -0.15) is 4.98 Å². The zero-order valence-corrected chi connectivity index (χ0v) is 12.1. The number of hydrogen-bond donors (Lipinski definition) is 1. The van der Waals surface area contributed by atoms with Crippen LogP contribution in [0.5, 0.6) is 0 Å². The van der Waals surface area contributed by atoms with E-state index < -0.39 is 0 Å². The van der Waals surface area contributed by atoms with E-state index in [0.29, 0.717) is 11.9 Å². The second-order valence-corrected chi connectivity index (χ2v) is 5.23. The Morgan fingerprint density at radius 3 is 2.89 bits per heavy atom. The standard InChI is InChI=1S/C14H24N4O/c1-4-12-10(2)16-14(15)17-13(12)18-7-5-6-11(8-18)9-19-3/h11H,4-9H2,1-3H3,(H2,15,16,17)/t11-/m0/s1. The van der Waals surface area contributed by atoms with Gasteiger partial charge in [-0.05, 0) is 32.1 Å². The van der Waals surface area contributed by atoms with E-state index in [-0.39, 0.29) is 0 Å². The first-order valence-electron chi connectivity index (χ1n) is 7.02. The molecule has 19 heavy (non-hydrogen) atoms. The summed E-state index contributed by atoms with van der Waals surface area (Å²) < 4.78 is 5.29. The number of nitrogen functional groups attached to an aromatic ring is 1. The average Bonchev–Trinajstić information content (AvgIpc) is 2.38. The number of rotatable bonds is 4. The molecule has 1 aromatic heterocycles. The fraction of sp³-hybridized carbons (Fsp3) is 0.714.